The van der Waals surface area contributed by atoms with E-state index in [-0.39, 0.29) is 0 Å². The van der Waals surface area contributed by atoms with Gasteiger partial charge in [-0.25, -0.2) is 4.98 Å². The summed E-state index contributed by atoms with van der Waals surface area (Å²) < 4.78 is 5.24. The van der Waals surface area contributed by atoms with E-state index >= 15 is 0 Å². The van der Waals surface area contributed by atoms with Gasteiger partial charge in [0.2, 0.25) is 0 Å². The van der Waals surface area contributed by atoms with Gasteiger partial charge < -0.3 is 4.74 Å². The van der Waals surface area contributed by atoms with Crippen molar-refractivity contribution in [3.63, 3.8) is 0 Å². The first-order valence-electron chi connectivity index (χ1n) is 6.09. The number of hydrogen-bond acceptors (Lipinski definition) is 3. The molecule has 1 atom stereocenters. The molecule has 17 heavy (non-hydrogen) atoms. The minimum Gasteiger partial charge on any atom is -0.384 e. The quantitative estimate of drug-likeness (QED) is 0.773. The lowest BCUT2D eigenvalue weighted by Gasteiger charge is -2.32. The second-order valence-corrected chi connectivity index (χ2v) is 5.08. The van der Waals surface area contributed by atoms with Gasteiger partial charge in [-0.1, -0.05) is 17.7 Å². The number of halogens is 1. The molecule has 1 aromatic heterocycles. The van der Waals surface area contributed by atoms with Gasteiger partial charge in [0, 0.05) is 26.4 Å². The van der Waals surface area contributed by atoms with Crippen molar-refractivity contribution in [3.05, 3.63) is 29.0 Å². The van der Waals surface area contributed by atoms with Crippen molar-refractivity contribution in [2.45, 2.75) is 19.4 Å². The molecule has 0 spiro atoms. The predicted molar refractivity (Wildman–Crippen MR) is 69.1 cm³/mol. The molecular weight excluding hydrogens is 236 g/mol. The number of pyridine rings is 1. The molecule has 0 bridgehead atoms. The first-order chi connectivity index (χ1) is 8.28. The Morgan fingerprint density at radius 3 is 3.12 bits per heavy atom. The van der Waals surface area contributed by atoms with Crippen molar-refractivity contribution in [1.29, 1.82) is 0 Å². The van der Waals surface area contributed by atoms with Gasteiger partial charge in [0.15, 0.2) is 0 Å². The fraction of sp³-hybridized carbons (Fsp3) is 0.615. The van der Waals surface area contributed by atoms with Crippen molar-refractivity contribution >= 4 is 11.6 Å². The molecule has 1 aliphatic heterocycles. The molecule has 1 saturated heterocycles. The number of nitrogens with zero attached hydrogens (tertiary/aromatic N) is 2. The van der Waals surface area contributed by atoms with Crippen LogP contribution in [0.3, 0.4) is 0 Å². The molecule has 94 valence electrons. The Hall–Kier alpha value is -0.640. The van der Waals surface area contributed by atoms with Crippen LogP contribution in [0.1, 0.15) is 18.4 Å². The summed E-state index contributed by atoms with van der Waals surface area (Å²) >= 11 is 5.78. The van der Waals surface area contributed by atoms with Gasteiger partial charge in [0.1, 0.15) is 5.15 Å². The molecule has 0 radical (unpaired) electrons. The summed E-state index contributed by atoms with van der Waals surface area (Å²) in [5, 5.41) is 0.560. The van der Waals surface area contributed by atoms with Crippen LogP contribution < -0.4 is 0 Å². The van der Waals surface area contributed by atoms with Crippen LogP contribution in [0.25, 0.3) is 0 Å². The van der Waals surface area contributed by atoms with Crippen LogP contribution in [0.15, 0.2) is 18.3 Å². The maximum Gasteiger partial charge on any atom is 0.129 e. The van der Waals surface area contributed by atoms with Gasteiger partial charge in [-0.15, -0.1) is 0 Å². The van der Waals surface area contributed by atoms with Gasteiger partial charge in [-0.2, -0.15) is 0 Å². The van der Waals surface area contributed by atoms with Gasteiger partial charge in [-0.05, 0) is 36.9 Å². The smallest absolute Gasteiger partial charge is 0.129 e. The number of rotatable bonds is 4. The summed E-state index contributed by atoms with van der Waals surface area (Å²) in [7, 11) is 1.78. The maximum atomic E-state index is 5.78. The Balaban J connectivity index is 1.87. The standard InChI is InChI=1S/C13H19ClN2O/c1-17-10-12-3-2-6-16(9-12)8-11-4-5-13(14)15-7-11/h4-5,7,12H,2-3,6,8-10H2,1H3/t12-/m1/s1. The molecule has 0 aromatic carbocycles. The fourth-order valence-corrected chi connectivity index (χ4v) is 2.54. The molecule has 1 aliphatic rings. The van der Waals surface area contributed by atoms with Gasteiger partial charge >= 0.3 is 0 Å². The van der Waals surface area contributed by atoms with E-state index in [0.29, 0.717) is 11.1 Å². The summed E-state index contributed by atoms with van der Waals surface area (Å²) in [5.74, 6) is 0.675. The Morgan fingerprint density at radius 2 is 2.41 bits per heavy atom. The van der Waals surface area contributed by atoms with Crippen molar-refractivity contribution < 1.29 is 4.74 Å². The third kappa shape index (κ3) is 3.95. The highest BCUT2D eigenvalue weighted by Gasteiger charge is 2.19. The summed E-state index contributed by atoms with van der Waals surface area (Å²) in [6.07, 6.45) is 4.40. The van der Waals surface area contributed by atoms with E-state index in [9.17, 15) is 0 Å². The minimum absolute atomic E-state index is 0.560. The number of hydrogen-bond donors (Lipinski definition) is 0. The highest BCUT2D eigenvalue weighted by atomic mass is 35.5. The van der Waals surface area contributed by atoms with Crippen molar-refractivity contribution in [2.24, 2.45) is 5.92 Å². The third-order valence-corrected chi connectivity index (χ3v) is 3.42. The lowest BCUT2D eigenvalue weighted by molar-refractivity contribution is 0.0873. The van der Waals surface area contributed by atoms with Crippen LogP contribution >= 0.6 is 11.6 Å². The maximum absolute atomic E-state index is 5.78. The molecule has 3 nitrogen and oxygen atoms in total. The number of methoxy groups -OCH3 is 1. The highest BCUT2D eigenvalue weighted by molar-refractivity contribution is 6.29. The lowest BCUT2D eigenvalue weighted by Crippen LogP contribution is -2.36. The molecule has 1 fully saturated rings. The minimum atomic E-state index is 0.560. The van der Waals surface area contributed by atoms with Crippen LogP contribution in [0, 0.1) is 5.92 Å². The second-order valence-electron chi connectivity index (χ2n) is 4.69. The highest BCUT2D eigenvalue weighted by Crippen LogP contribution is 2.18. The van der Waals surface area contributed by atoms with E-state index in [1.807, 2.05) is 12.3 Å². The molecule has 0 amide bonds. The SMILES string of the molecule is COC[C@@H]1CCCN(Cc2ccc(Cl)nc2)C1. The first kappa shape index (κ1) is 12.8. The Kier molecular flexibility index (Phi) is 4.77. The topological polar surface area (TPSA) is 25.4 Å². The van der Waals surface area contributed by atoms with E-state index < -0.39 is 0 Å². The summed E-state index contributed by atoms with van der Waals surface area (Å²) in [6, 6.07) is 3.91. The molecule has 0 aliphatic carbocycles. The number of piperidine rings is 1. The number of likely N-dealkylation sites (tertiary alicyclic amines) is 1. The Morgan fingerprint density at radius 1 is 1.53 bits per heavy atom. The molecule has 4 heteroatoms. The van der Waals surface area contributed by atoms with Crippen molar-refractivity contribution in [2.75, 3.05) is 26.8 Å². The average Bonchev–Trinajstić information content (AvgIpc) is 2.33. The van der Waals surface area contributed by atoms with Gasteiger partial charge in [0.05, 0.1) is 6.61 Å². The summed E-state index contributed by atoms with van der Waals surface area (Å²) in [5.41, 5.74) is 1.23. The summed E-state index contributed by atoms with van der Waals surface area (Å²) in [6.45, 7) is 4.12. The molecular formula is C13H19ClN2O. The predicted octanol–water partition coefficient (Wildman–Crippen LogP) is 2.59. The van der Waals surface area contributed by atoms with E-state index in [0.717, 1.165) is 19.7 Å². The molecule has 0 saturated carbocycles. The number of aromatic nitrogens is 1. The molecule has 2 heterocycles. The largest absolute Gasteiger partial charge is 0.384 e. The van der Waals surface area contributed by atoms with Crippen LogP contribution in [0.2, 0.25) is 5.15 Å². The zero-order valence-corrected chi connectivity index (χ0v) is 11.0. The van der Waals surface area contributed by atoms with Crippen LogP contribution in [-0.2, 0) is 11.3 Å². The monoisotopic (exact) mass is 254 g/mol. The fourth-order valence-electron chi connectivity index (χ4n) is 2.42. The first-order valence-corrected chi connectivity index (χ1v) is 6.47. The van der Waals surface area contributed by atoms with Gasteiger partial charge in [-0.3, -0.25) is 4.90 Å². The van der Waals surface area contributed by atoms with E-state index in [1.54, 1.807) is 7.11 Å². The zero-order chi connectivity index (χ0) is 12.1. The van der Waals surface area contributed by atoms with Crippen molar-refractivity contribution in [3.8, 4) is 0 Å². The zero-order valence-electron chi connectivity index (χ0n) is 10.2. The van der Waals surface area contributed by atoms with Crippen LogP contribution in [0.4, 0.5) is 0 Å². The molecule has 0 N–H and O–H groups in total. The molecule has 2 rings (SSSR count). The third-order valence-electron chi connectivity index (χ3n) is 3.20. The van der Waals surface area contributed by atoms with E-state index in [4.69, 9.17) is 16.3 Å². The Bertz CT molecular complexity index is 340. The average molecular weight is 255 g/mol. The van der Waals surface area contributed by atoms with Crippen molar-refractivity contribution in [1.82, 2.24) is 9.88 Å². The van der Waals surface area contributed by atoms with Crippen LogP contribution in [0.5, 0.6) is 0 Å². The summed E-state index contributed by atoms with van der Waals surface area (Å²) in [4.78, 5) is 6.58. The normalized spacial score (nSPS) is 21.6. The molecule has 0 unspecified atom stereocenters. The Labute approximate surface area is 108 Å². The molecule has 1 aromatic rings. The number of ether oxygens (including phenoxy) is 1. The van der Waals surface area contributed by atoms with Gasteiger partial charge in [0.25, 0.3) is 0 Å². The van der Waals surface area contributed by atoms with E-state index in [1.165, 1.54) is 24.9 Å². The second kappa shape index (κ2) is 6.34. The van der Waals surface area contributed by atoms with E-state index in [2.05, 4.69) is 16.0 Å². The van der Waals surface area contributed by atoms with Crippen LogP contribution in [-0.4, -0.2) is 36.7 Å². The lowest BCUT2D eigenvalue weighted by atomic mass is 9.98.